The third-order valence-corrected chi connectivity index (χ3v) is 6.61. The average Bonchev–Trinajstić information content (AvgIpc) is 3.13. The molecule has 33 heavy (non-hydrogen) atoms. The van der Waals surface area contributed by atoms with Crippen molar-refractivity contribution in [2.75, 3.05) is 6.54 Å². The van der Waals surface area contributed by atoms with E-state index in [0.29, 0.717) is 29.1 Å². The van der Waals surface area contributed by atoms with Gasteiger partial charge in [-0.25, -0.2) is 9.78 Å². The molecule has 2 aromatic heterocycles. The maximum atomic E-state index is 13.4. The zero-order chi connectivity index (χ0) is 21.9. The lowest BCUT2D eigenvalue weighted by Crippen LogP contribution is -2.48. The van der Waals surface area contributed by atoms with Crippen LogP contribution in [-0.2, 0) is 37.8 Å². The molecule has 5 rings (SSSR count). The fraction of sp³-hybridized carbons (Fsp3) is 0.273. The van der Waals surface area contributed by atoms with Crippen molar-refractivity contribution in [3.63, 3.8) is 0 Å². The van der Waals surface area contributed by atoms with Gasteiger partial charge in [0.15, 0.2) is 0 Å². The molecule has 2 aliphatic heterocycles. The molecule has 0 bridgehead atoms. The Morgan fingerprint density at radius 3 is 2.76 bits per heavy atom. The van der Waals surface area contributed by atoms with E-state index in [0.717, 1.165) is 20.9 Å². The van der Waals surface area contributed by atoms with Gasteiger partial charge >= 0.3 is 11.9 Å². The molecule has 0 unspecified atom stereocenters. The van der Waals surface area contributed by atoms with Crippen LogP contribution in [0.4, 0.5) is 0 Å². The standard InChI is InChI=1S/C22H18BrN3O5.2ClH/c1-2-22(31-18(27)8-24)14-7-17-19-11(6-12-15(23)4-3-5-16(12)25-19)9-26(17)20(28)13(14)10-30-21(22)29;;/h3-7H,2,8-10,24H2,1H3;2*1H/t22-;;/m0../s1. The molecule has 4 heterocycles. The fourth-order valence-electron chi connectivity index (χ4n) is 4.36. The van der Waals surface area contributed by atoms with E-state index in [1.165, 1.54) is 0 Å². The van der Waals surface area contributed by atoms with Crippen molar-refractivity contribution in [1.29, 1.82) is 0 Å². The summed E-state index contributed by atoms with van der Waals surface area (Å²) in [4.78, 5) is 43.0. The minimum atomic E-state index is -1.71. The summed E-state index contributed by atoms with van der Waals surface area (Å²) in [5.74, 6) is -1.45. The highest BCUT2D eigenvalue weighted by molar-refractivity contribution is 9.10. The quantitative estimate of drug-likeness (QED) is 0.385. The van der Waals surface area contributed by atoms with Crippen LogP contribution in [0, 0.1) is 0 Å². The summed E-state index contributed by atoms with van der Waals surface area (Å²) in [7, 11) is 0. The van der Waals surface area contributed by atoms with Crippen molar-refractivity contribution >= 4 is 63.6 Å². The van der Waals surface area contributed by atoms with Crippen molar-refractivity contribution in [3.05, 3.63) is 61.8 Å². The molecular weight excluding hydrogens is 537 g/mol. The van der Waals surface area contributed by atoms with E-state index in [-0.39, 0.29) is 49.9 Å². The number of nitrogens with zero attached hydrogens (tertiary/aromatic N) is 2. The monoisotopic (exact) mass is 555 g/mol. The first-order valence-corrected chi connectivity index (χ1v) is 10.6. The highest BCUT2D eigenvalue weighted by Crippen LogP contribution is 2.41. The predicted octanol–water partition coefficient (Wildman–Crippen LogP) is 3.20. The van der Waals surface area contributed by atoms with Gasteiger partial charge in [-0.1, -0.05) is 28.9 Å². The number of carbonyl (C=O) groups is 2. The van der Waals surface area contributed by atoms with E-state index in [1.54, 1.807) is 17.6 Å². The Balaban J connectivity index is 0.00000153. The number of halogens is 3. The second-order valence-corrected chi connectivity index (χ2v) is 8.40. The number of carbonyl (C=O) groups excluding carboxylic acids is 2. The number of rotatable bonds is 3. The molecule has 3 aromatic rings. The maximum absolute atomic E-state index is 13.4. The van der Waals surface area contributed by atoms with Crippen LogP contribution in [0.5, 0.6) is 0 Å². The lowest BCUT2D eigenvalue weighted by molar-refractivity contribution is -0.188. The van der Waals surface area contributed by atoms with Crippen LogP contribution in [-0.4, -0.2) is 28.0 Å². The second kappa shape index (κ2) is 9.06. The van der Waals surface area contributed by atoms with Gasteiger partial charge in [-0.05, 0) is 30.7 Å². The first-order valence-electron chi connectivity index (χ1n) is 9.84. The van der Waals surface area contributed by atoms with E-state index in [2.05, 4.69) is 15.9 Å². The molecule has 0 radical (unpaired) electrons. The number of hydrogen-bond acceptors (Lipinski definition) is 7. The van der Waals surface area contributed by atoms with Crippen LogP contribution >= 0.6 is 40.7 Å². The summed E-state index contributed by atoms with van der Waals surface area (Å²) < 4.78 is 13.3. The van der Waals surface area contributed by atoms with Gasteiger partial charge in [0.25, 0.3) is 5.56 Å². The summed E-state index contributed by atoms with van der Waals surface area (Å²) >= 11 is 3.55. The summed E-state index contributed by atoms with van der Waals surface area (Å²) in [6.45, 7) is 1.49. The SMILES string of the molecule is CC[C@@]1(OC(=O)CN)C(=O)OCc2c1cc1n(c2=O)Cc2cc3c(Br)cccc3nc2-1.Cl.Cl. The highest BCUT2D eigenvalue weighted by Gasteiger charge is 2.50. The molecule has 11 heteroatoms. The van der Waals surface area contributed by atoms with Crippen molar-refractivity contribution in [2.45, 2.75) is 32.1 Å². The summed E-state index contributed by atoms with van der Waals surface area (Å²) in [6.07, 6.45) is 0.110. The van der Waals surface area contributed by atoms with E-state index in [1.807, 2.05) is 24.3 Å². The number of hydrogen-bond donors (Lipinski definition) is 1. The number of nitrogens with two attached hydrogens (primary N) is 1. The molecule has 0 aliphatic carbocycles. The van der Waals surface area contributed by atoms with Gasteiger partial charge in [-0.2, -0.15) is 0 Å². The van der Waals surface area contributed by atoms with Crippen molar-refractivity contribution in [3.8, 4) is 11.4 Å². The van der Waals surface area contributed by atoms with Crippen LogP contribution in [0.1, 0.15) is 30.0 Å². The van der Waals surface area contributed by atoms with E-state index in [4.69, 9.17) is 20.2 Å². The summed E-state index contributed by atoms with van der Waals surface area (Å²) in [6, 6.07) is 9.47. The van der Waals surface area contributed by atoms with Crippen LogP contribution in [0.3, 0.4) is 0 Å². The molecule has 2 aliphatic rings. The Morgan fingerprint density at radius 1 is 1.30 bits per heavy atom. The average molecular weight is 557 g/mol. The third-order valence-electron chi connectivity index (χ3n) is 5.92. The van der Waals surface area contributed by atoms with Gasteiger partial charge in [0.1, 0.15) is 6.61 Å². The largest absolute Gasteiger partial charge is 0.457 e. The third kappa shape index (κ3) is 3.63. The molecule has 1 atom stereocenters. The normalized spacial score (nSPS) is 17.7. The maximum Gasteiger partial charge on any atom is 0.355 e. The van der Waals surface area contributed by atoms with Gasteiger partial charge in [0.05, 0.1) is 35.6 Å². The second-order valence-electron chi connectivity index (χ2n) is 7.55. The smallest absolute Gasteiger partial charge is 0.355 e. The zero-order valence-electron chi connectivity index (χ0n) is 17.4. The molecule has 0 saturated heterocycles. The van der Waals surface area contributed by atoms with Crippen LogP contribution in [0.2, 0.25) is 0 Å². The number of cyclic esters (lactones) is 1. The van der Waals surface area contributed by atoms with Crippen LogP contribution < -0.4 is 11.3 Å². The zero-order valence-corrected chi connectivity index (χ0v) is 20.6. The van der Waals surface area contributed by atoms with E-state index < -0.39 is 17.5 Å². The van der Waals surface area contributed by atoms with Crippen LogP contribution in [0.25, 0.3) is 22.3 Å². The minimum absolute atomic E-state index is 0. The Hall–Kier alpha value is -2.46. The molecule has 0 fully saturated rings. The van der Waals surface area contributed by atoms with Gasteiger partial charge < -0.3 is 19.8 Å². The first-order chi connectivity index (χ1) is 14.9. The molecule has 2 N–H and O–H groups in total. The molecule has 1 aromatic carbocycles. The highest BCUT2D eigenvalue weighted by atomic mass is 79.9. The first kappa shape index (κ1) is 25.2. The molecule has 0 spiro atoms. The number of pyridine rings is 2. The molecular formula is C22H20BrCl2N3O5. The molecule has 8 nitrogen and oxygen atoms in total. The minimum Gasteiger partial charge on any atom is -0.457 e. The van der Waals surface area contributed by atoms with Crippen LogP contribution in [0.15, 0.2) is 39.6 Å². The number of aromatic nitrogens is 2. The van der Waals surface area contributed by atoms with Gasteiger partial charge in [-0.3, -0.25) is 9.59 Å². The topological polar surface area (TPSA) is 114 Å². The Bertz CT molecular complexity index is 1360. The van der Waals surface area contributed by atoms with Gasteiger partial charge in [-0.15, -0.1) is 24.8 Å². The fourth-order valence-corrected chi connectivity index (χ4v) is 4.83. The van der Waals surface area contributed by atoms with E-state index >= 15 is 0 Å². The lowest BCUT2D eigenvalue weighted by atomic mass is 9.85. The Kier molecular flexibility index (Phi) is 6.91. The molecule has 0 amide bonds. The Morgan fingerprint density at radius 2 is 2.06 bits per heavy atom. The predicted molar refractivity (Wildman–Crippen MR) is 130 cm³/mol. The number of esters is 2. The number of ether oxygens (including phenoxy) is 2. The Labute approximate surface area is 209 Å². The molecule has 174 valence electrons. The summed E-state index contributed by atoms with van der Waals surface area (Å²) in [5, 5.41) is 0.949. The summed E-state index contributed by atoms with van der Waals surface area (Å²) in [5.41, 5.74) is 6.98. The van der Waals surface area contributed by atoms with Crippen molar-refractivity contribution in [2.24, 2.45) is 5.73 Å². The number of fused-ring (bicyclic) bond motifs is 5. The van der Waals surface area contributed by atoms with Gasteiger partial charge in [0, 0.05) is 21.0 Å². The van der Waals surface area contributed by atoms with Crippen molar-refractivity contribution < 1.29 is 19.1 Å². The van der Waals surface area contributed by atoms with Crippen molar-refractivity contribution in [1.82, 2.24) is 9.55 Å². The van der Waals surface area contributed by atoms with E-state index in [9.17, 15) is 14.4 Å². The number of benzene rings is 1. The molecule has 0 saturated carbocycles. The lowest BCUT2D eigenvalue weighted by Gasteiger charge is -2.35. The van der Waals surface area contributed by atoms with Gasteiger partial charge in [0.2, 0.25) is 5.60 Å².